The molecule has 0 aliphatic heterocycles. The van der Waals surface area contributed by atoms with Gasteiger partial charge in [0.15, 0.2) is 0 Å². The van der Waals surface area contributed by atoms with Crippen LogP contribution in [0.4, 0.5) is 5.69 Å². The SMILES string of the molecule is CCOc1ccc(Cl)cc1NCC1CCCC(C)C1. The maximum Gasteiger partial charge on any atom is 0.142 e. The number of hydrogen-bond acceptors (Lipinski definition) is 2. The van der Waals surface area contributed by atoms with Gasteiger partial charge in [0.25, 0.3) is 0 Å². The molecule has 106 valence electrons. The predicted octanol–water partition coefficient (Wildman–Crippen LogP) is 4.98. The van der Waals surface area contributed by atoms with Crippen LogP contribution in [0.2, 0.25) is 5.02 Å². The van der Waals surface area contributed by atoms with Crippen LogP contribution in [-0.4, -0.2) is 13.2 Å². The van der Waals surface area contributed by atoms with E-state index in [0.29, 0.717) is 6.61 Å². The summed E-state index contributed by atoms with van der Waals surface area (Å²) in [5.74, 6) is 2.54. The zero-order valence-corrected chi connectivity index (χ0v) is 12.7. The number of benzene rings is 1. The minimum absolute atomic E-state index is 0.677. The molecule has 1 aromatic carbocycles. The van der Waals surface area contributed by atoms with Crippen LogP contribution in [0.15, 0.2) is 18.2 Å². The van der Waals surface area contributed by atoms with Gasteiger partial charge in [-0.25, -0.2) is 0 Å². The highest BCUT2D eigenvalue weighted by molar-refractivity contribution is 6.30. The Morgan fingerprint density at radius 2 is 2.21 bits per heavy atom. The number of anilines is 1. The minimum Gasteiger partial charge on any atom is -0.492 e. The fourth-order valence-corrected chi connectivity index (χ4v) is 3.09. The van der Waals surface area contributed by atoms with E-state index in [2.05, 4.69) is 12.2 Å². The van der Waals surface area contributed by atoms with E-state index >= 15 is 0 Å². The fourth-order valence-electron chi connectivity index (χ4n) is 2.92. The molecule has 0 spiro atoms. The van der Waals surface area contributed by atoms with Crippen molar-refractivity contribution in [1.29, 1.82) is 0 Å². The third kappa shape index (κ3) is 4.31. The van der Waals surface area contributed by atoms with Gasteiger partial charge in [-0.1, -0.05) is 31.4 Å². The summed E-state index contributed by atoms with van der Waals surface area (Å²) in [6.07, 6.45) is 5.42. The molecule has 19 heavy (non-hydrogen) atoms. The van der Waals surface area contributed by atoms with Crippen LogP contribution >= 0.6 is 11.6 Å². The van der Waals surface area contributed by atoms with Crippen molar-refractivity contribution in [2.45, 2.75) is 39.5 Å². The quantitative estimate of drug-likeness (QED) is 0.822. The van der Waals surface area contributed by atoms with Crippen molar-refractivity contribution < 1.29 is 4.74 Å². The highest BCUT2D eigenvalue weighted by Crippen LogP contribution is 2.31. The van der Waals surface area contributed by atoms with E-state index in [4.69, 9.17) is 16.3 Å². The van der Waals surface area contributed by atoms with E-state index in [9.17, 15) is 0 Å². The van der Waals surface area contributed by atoms with Crippen molar-refractivity contribution in [1.82, 2.24) is 0 Å². The molecular formula is C16H24ClNO. The van der Waals surface area contributed by atoms with E-state index in [-0.39, 0.29) is 0 Å². The Bertz CT molecular complexity index is 408. The zero-order valence-electron chi connectivity index (χ0n) is 11.9. The lowest BCUT2D eigenvalue weighted by molar-refractivity contribution is 0.293. The topological polar surface area (TPSA) is 21.3 Å². The maximum atomic E-state index is 6.07. The number of nitrogens with one attached hydrogen (secondary N) is 1. The number of hydrogen-bond donors (Lipinski definition) is 1. The summed E-state index contributed by atoms with van der Waals surface area (Å²) in [7, 11) is 0. The highest BCUT2D eigenvalue weighted by Gasteiger charge is 2.18. The molecule has 0 saturated heterocycles. The van der Waals surface area contributed by atoms with Crippen molar-refractivity contribution in [3.63, 3.8) is 0 Å². The zero-order chi connectivity index (χ0) is 13.7. The number of ether oxygens (including phenoxy) is 1. The molecule has 1 N–H and O–H groups in total. The first-order valence-electron chi connectivity index (χ1n) is 7.35. The molecular weight excluding hydrogens is 258 g/mol. The maximum absolute atomic E-state index is 6.07. The first-order chi connectivity index (χ1) is 9.19. The van der Waals surface area contributed by atoms with Crippen LogP contribution in [0.25, 0.3) is 0 Å². The lowest BCUT2D eigenvalue weighted by atomic mass is 9.82. The van der Waals surface area contributed by atoms with E-state index < -0.39 is 0 Å². The van der Waals surface area contributed by atoms with Gasteiger partial charge in [0.05, 0.1) is 12.3 Å². The second kappa shape index (κ2) is 7.04. The molecule has 2 rings (SSSR count). The van der Waals surface area contributed by atoms with E-state index in [1.54, 1.807) is 0 Å². The Balaban J connectivity index is 1.95. The lowest BCUT2D eigenvalue weighted by Crippen LogP contribution is -2.21. The Morgan fingerprint density at radius 1 is 1.37 bits per heavy atom. The molecule has 1 saturated carbocycles. The van der Waals surface area contributed by atoms with Crippen molar-refractivity contribution in [3.05, 3.63) is 23.2 Å². The van der Waals surface area contributed by atoms with Crippen molar-refractivity contribution >= 4 is 17.3 Å². The van der Waals surface area contributed by atoms with E-state index in [1.165, 1.54) is 25.7 Å². The molecule has 1 aromatic rings. The predicted molar refractivity (Wildman–Crippen MR) is 82.2 cm³/mol. The Kier molecular flexibility index (Phi) is 5.38. The average molecular weight is 282 g/mol. The van der Waals surface area contributed by atoms with Gasteiger partial charge in [-0.05, 0) is 49.8 Å². The van der Waals surface area contributed by atoms with Crippen LogP contribution in [0.5, 0.6) is 5.75 Å². The van der Waals surface area contributed by atoms with Gasteiger partial charge in [0.1, 0.15) is 5.75 Å². The summed E-state index contributed by atoms with van der Waals surface area (Å²) < 4.78 is 5.63. The number of halogens is 1. The highest BCUT2D eigenvalue weighted by atomic mass is 35.5. The smallest absolute Gasteiger partial charge is 0.142 e. The summed E-state index contributed by atoms with van der Waals surface area (Å²) in [5, 5.41) is 4.27. The molecule has 0 aromatic heterocycles. The molecule has 3 heteroatoms. The molecule has 0 radical (unpaired) electrons. The van der Waals surface area contributed by atoms with Gasteiger partial charge in [-0.2, -0.15) is 0 Å². The molecule has 0 amide bonds. The summed E-state index contributed by atoms with van der Waals surface area (Å²) >= 11 is 6.07. The fraction of sp³-hybridized carbons (Fsp3) is 0.625. The molecule has 0 bridgehead atoms. The monoisotopic (exact) mass is 281 g/mol. The van der Waals surface area contributed by atoms with Crippen molar-refractivity contribution in [3.8, 4) is 5.75 Å². The molecule has 0 heterocycles. The standard InChI is InChI=1S/C16H24ClNO/c1-3-19-16-8-7-14(17)10-15(16)18-11-13-6-4-5-12(2)9-13/h7-8,10,12-13,18H,3-6,9,11H2,1-2H3. The first-order valence-corrected chi connectivity index (χ1v) is 7.73. The van der Waals surface area contributed by atoms with E-state index in [0.717, 1.165) is 34.8 Å². The number of rotatable bonds is 5. The third-order valence-corrected chi connectivity index (χ3v) is 4.10. The Labute approximate surface area is 121 Å². The lowest BCUT2D eigenvalue weighted by Gasteiger charge is -2.27. The first kappa shape index (κ1) is 14.5. The molecule has 1 fully saturated rings. The minimum atomic E-state index is 0.677. The van der Waals surface area contributed by atoms with Crippen LogP contribution in [0.3, 0.4) is 0 Å². The Morgan fingerprint density at radius 3 is 2.95 bits per heavy atom. The van der Waals surface area contributed by atoms with Crippen molar-refractivity contribution in [2.24, 2.45) is 11.8 Å². The largest absolute Gasteiger partial charge is 0.492 e. The second-order valence-electron chi connectivity index (χ2n) is 5.59. The van der Waals surface area contributed by atoms with Crippen LogP contribution in [0.1, 0.15) is 39.5 Å². The van der Waals surface area contributed by atoms with Crippen LogP contribution in [0, 0.1) is 11.8 Å². The summed E-state index contributed by atoms with van der Waals surface area (Å²) in [5.41, 5.74) is 1.02. The van der Waals surface area contributed by atoms with Gasteiger partial charge in [-0.3, -0.25) is 0 Å². The Hall–Kier alpha value is -0.890. The third-order valence-electron chi connectivity index (χ3n) is 3.87. The van der Waals surface area contributed by atoms with Gasteiger partial charge in [0.2, 0.25) is 0 Å². The molecule has 1 aliphatic rings. The van der Waals surface area contributed by atoms with Crippen molar-refractivity contribution in [2.75, 3.05) is 18.5 Å². The normalized spacial score (nSPS) is 23.1. The molecule has 2 atom stereocenters. The van der Waals surface area contributed by atoms with Crippen LogP contribution in [-0.2, 0) is 0 Å². The van der Waals surface area contributed by atoms with Gasteiger partial charge in [0, 0.05) is 11.6 Å². The molecule has 1 aliphatic carbocycles. The van der Waals surface area contributed by atoms with Gasteiger partial charge in [-0.15, -0.1) is 0 Å². The van der Waals surface area contributed by atoms with Gasteiger partial charge >= 0.3 is 0 Å². The van der Waals surface area contributed by atoms with Gasteiger partial charge < -0.3 is 10.1 Å². The second-order valence-corrected chi connectivity index (χ2v) is 6.03. The molecule has 2 nitrogen and oxygen atoms in total. The molecule has 2 unspecified atom stereocenters. The average Bonchev–Trinajstić information content (AvgIpc) is 2.39. The summed E-state index contributed by atoms with van der Waals surface area (Å²) in [6, 6.07) is 5.77. The van der Waals surface area contributed by atoms with Crippen LogP contribution < -0.4 is 10.1 Å². The summed E-state index contributed by atoms with van der Waals surface area (Å²) in [4.78, 5) is 0. The van der Waals surface area contributed by atoms with E-state index in [1.807, 2.05) is 25.1 Å². The summed E-state index contributed by atoms with van der Waals surface area (Å²) in [6.45, 7) is 6.06.